The van der Waals surface area contributed by atoms with E-state index in [-0.39, 0.29) is 11.6 Å². The molecular weight excluding hydrogens is 562 g/mol. The van der Waals surface area contributed by atoms with Crippen molar-refractivity contribution in [3.05, 3.63) is 119 Å². The summed E-state index contributed by atoms with van der Waals surface area (Å²) in [6, 6.07) is 28.6. The van der Waals surface area contributed by atoms with E-state index >= 15 is 0 Å². The molecular formula is C34H33N3O5S. The van der Waals surface area contributed by atoms with E-state index in [2.05, 4.69) is 16.0 Å². The van der Waals surface area contributed by atoms with Gasteiger partial charge < -0.3 is 25.4 Å². The van der Waals surface area contributed by atoms with Crippen LogP contribution in [0, 0.1) is 6.92 Å². The normalized spacial score (nSPS) is 11.7. The van der Waals surface area contributed by atoms with Crippen LogP contribution in [0.2, 0.25) is 0 Å². The number of nitrogens with one attached hydrogen (secondary N) is 3. The molecule has 0 aliphatic rings. The second kappa shape index (κ2) is 14.7. The minimum atomic E-state index is -0.540. The van der Waals surface area contributed by atoms with E-state index in [1.807, 2.05) is 44.2 Å². The molecule has 8 nitrogen and oxygen atoms in total. The Labute approximate surface area is 255 Å². The second-order valence-corrected chi connectivity index (χ2v) is 11.0. The van der Waals surface area contributed by atoms with Crippen LogP contribution in [-0.4, -0.2) is 37.2 Å². The summed E-state index contributed by atoms with van der Waals surface area (Å²) in [5.74, 6) is -0.0600. The number of amides is 3. The third kappa shape index (κ3) is 8.73. The minimum Gasteiger partial charge on any atom is -0.497 e. The van der Waals surface area contributed by atoms with E-state index in [9.17, 15) is 14.4 Å². The molecule has 0 aromatic heterocycles. The Morgan fingerprint density at radius 3 is 2.23 bits per heavy atom. The molecule has 9 heteroatoms. The maximum absolute atomic E-state index is 13.6. The summed E-state index contributed by atoms with van der Waals surface area (Å²) in [6.07, 6.45) is 1.54. The first-order valence-corrected chi connectivity index (χ1v) is 14.4. The molecule has 4 aromatic carbocycles. The van der Waals surface area contributed by atoms with E-state index in [0.717, 1.165) is 16.1 Å². The molecule has 0 aliphatic heterocycles. The first kappa shape index (κ1) is 30.9. The molecule has 0 saturated carbocycles. The van der Waals surface area contributed by atoms with Crippen molar-refractivity contribution in [2.24, 2.45) is 0 Å². The highest BCUT2D eigenvalue weighted by Gasteiger charge is 2.18. The molecule has 220 valence electrons. The van der Waals surface area contributed by atoms with Gasteiger partial charge in [-0.15, -0.1) is 11.8 Å². The lowest BCUT2D eigenvalue weighted by Crippen LogP contribution is -2.30. The van der Waals surface area contributed by atoms with Gasteiger partial charge >= 0.3 is 0 Å². The summed E-state index contributed by atoms with van der Waals surface area (Å²) in [5.41, 5.74) is 3.28. The average molecular weight is 596 g/mol. The standard InChI is InChI=1S/C34H33N3O5S/c1-22-13-15-26(16-14-22)35-32(38)23(2)43-29-12-8-11-27(21-29)36-34(40)30(37-33(39)24-9-6-5-7-10-24)20-25-19-28(41-3)17-18-31(25)42-4/h5-21,23H,1-4H3,(H,35,38)(H,36,40)(H,37,39)/b30-20+. The molecule has 0 radical (unpaired) electrons. The second-order valence-electron chi connectivity index (χ2n) is 9.58. The fourth-order valence-corrected chi connectivity index (χ4v) is 4.96. The summed E-state index contributed by atoms with van der Waals surface area (Å²) in [4.78, 5) is 40.2. The summed E-state index contributed by atoms with van der Waals surface area (Å²) in [6.45, 7) is 3.81. The molecule has 1 atom stereocenters. The van der Waals surface area contributed by atoms with E-state index in [0.29, 0.717) is 28.3 Å². The Hall–Kier alpha value is -5.02. The average Bonchev–Trinajstić information content (AvgIpc) is 3.02. The molecule has 4 aromatic rings. The monoisotopic (exact) mass is 595 g/mol. The predicted molar refractivity (Wildman–Crippen MR) is 172 cm³/mol. The quantitative estimate of drug-likeness (QED) is 0.134. The van der Waals surface area contributed by atoms with Crippen LogP contribution in [-0.2, 0) is 9.59 Å². The van der Waals surface area contributed by atoms with Gasteiger partial charge in [0.05, 0.1) is 19.5 Å². The molecule has 0 spiro atoms. The summed E-state index contributed by atoms with van der Waals surface area (Å²) < 4.78 is 10.8. The van der Waals surface area contributed by atoms with Crippen molar-refractivity contribution in [3.8, 4) is 11.5 Å². The Morgan fingerprint density at radius 1 is 0.791 bits per heavy atom. The lowest BCUT2D eigenvalue weighted by molar-refractivity contribution is -0.115. The van der Waals surface area contributed by atoms with Gasteiger partial charge in [-0.1, -0.05) is 42.0 Å². The highest BCUT2D eigenvalue weighted by molar-refractivity contribution is 8.00. The summed E-state index contributed by atoms with van der Waals surface area (Å²) >= 11 is 1.37. The smallest absolute Gasteiger partial charge is 0.272 e. The Bertz CT molecular complexity index is 1620. The number of ether oxygens (including phenoxy) is 2. The lowest BCUT2D eigenvalue weighted by atomic mass is 10.1. The Kier molecular flexibility index (Phi) is 10.6. The number of thioether (sulfide) groups is 1. The van der Waals surface area contributed by atoms with Gasteiger partial charge in [-0.05, 0) is 80.6 Å². The summed E-state index contributed by atoms with van der Waals surface area (Å²) in [7, 11) is 3.06. The number of carbonyl (C=O) groups is 3. The third-order valence-corrected chi connectivity index (χ3v) is 7.45. The minimum absolute atomic E-state index is 0.00399. The zero-order valence-electron chi connectivity index (χ0n) is 24.3. The lowest BCUT2D eigenvalue weighted by Gasteiger charge is -2.15. The van der Waals surface area contributed by atoms with Crippen molar-refractivity contribution >= 4 is 46.9 Å². The molecule has 1 unspecified atom stereocenters. The molecule has 0 heterocycles. The van der Waals surface area contributed by atoms with Gasteiger partial charge in [0.25, 0.3) is 11.8 Å². The van der Waals surface area contributed by atoms with Crippen LogP contribution in [0.1, 0.15) is 28.4 Å². The maximum atomic E-state index is 13.6. The molecule has 43 heavy (non-hydrogen) atoms. The van der Waals surface area contributed by atoms with Gasteiger partial charge in [-0.3, -0.25) is 14.4 Å². The first-order chi connectivity index (χ1) is 20.7. The van der Waals surface area contributed by atoms with E-state index in [4.69, 9.17) is 9.47 Å². The Morgan fingerprint density at radius 2 is 1.53 bits per heavy atom. The zero-order chi connectivity index (χ0) is 30.8. The van der Waals surface area contributed by atoms with Crippen LogP contribution in [0.5, 0.6) is 11.5 Å². The van der Waals surface area contributed by atoms with E-state index in [1.165, 1.54) is 32.1 Å². The van der Waals surface area contributed by atoms with Crippen molar-refractivity contribution in [2.75, 3.05) is 24.9 Å². The van der Waals surface area contributed by atoms with Gasteiger partial charge in [-0.2, -0.15) is 0 Å². The van der Waals surface area contributed by atoms with Crippen LogP contribution in [0.4, 0.5) is 11.4 Å². The van der Waals surface area contributed by atoms with Crippen LogP contribution < -0.4 is 25.4 Å². The van der Waals surface area contributed by atoms with Crippen molar-refractivity contribution in [2.45, 2.75) is 24.0 Å². The van der Waals surface area contributed by atoms with Crippen LogP contribution in [0.15, 0.2) is 108 Å². The molecule has 4 rings (SSSR count). The van der Waals surface area contributed by atoms with Crippen molar-refractivity contribution in [1.29, 1.82) is 0 Å². The fraction of sp³-hybridized carbons (Fsp3) is 0.147. The van der Waals surface area contributed by atoms with Crippen LogP contribution in [0.25, 0.3) is 6.08 Å². The number of hydrogen-bond acceptors (Lipinski definition) is 6. The van der Waals surface area contributed by atoms with Crippen LogP contribution >= 0.6 is 11.8 Å². The largest absolute Gasteiger partial charge is 0.497 e. The molecule has 0 fully saturated rings. The van der Waals surface area contributed by atoms with E-state index < -0.39 is 17.1 Å². The van der Waals surface area contributed by atoms with Gasteiger partial charge in [0, 0.05) is 27.4 Å². The number of aryl methyl sites for hydroxylation is 1. The SMILES string of the molecule is COc1ccc(OC)c(/C=C(/NC(=O)c2ccccc2)C(=O)Nc2cccc(SC(C)C(=O)Nc3ccc(C)cc3)c2)c1. The molecule has 0 bridgehead atoms. The zero-order valence-corrected chi connectivity index (χ0v) is 25.2. The first-order valence-electron chi connectivity index (χ1n) is 13.5. The van der Waals surface area contributed by atoms with Gasteiger partial charge in [0.1, 0.15) is 17.2 Å². The number of methoxy groups -OCH3 is 2. The number of anilines is 2. The van der Waals surface area contributed by atoms with Gasteiger partial charge in [-0.25, -0.2) is 0 Å². The number of carbonyl (C=O) groups excluding carboxylic acids is 3. The number of hydrogen-bond donors (Lipinski definition) is 3. The Balaban J connectivity index is 1.53. The van der Waals surface area contributed by atoms with Gasteiger partial charge in [0.15, 0.2) is 0 Å². The van der Waals surface area contributed by atoms with E-state index in [1.54, 1.807) is 66.7 Å². The third-order valence-electron chi connectivity index (χ3n) is 6.36. The fourth-order valence-electron chi connectivity index (χ4n) is 4.03. The van der Waals surface area contributed by atoms with Gasteiger partial charge in [0.2, 0.25) is 5.91 Å². The number of rotatable bonds is 11. The van der Waals surface area contributed by atoms with Crippen molar-refractivity contribution in [1.82, 2.24) is 5.32 Å². The van der Waals surface area contributed by atoms with Crippen molar-refractivity contribution in [3.63, 3.8) is 0 Å². The summed E-state index contributed by atoms with van der Waals surface area (Å²) in [5, 5.41) is 8.13. The highest BCUT2D eigenvalue weighted by Crippen LogP contribution is 2.28. The molecule has 0 aliphatic carbocycles. The molecule has 3 N–H and O–H groups in total. The maximum Gasteiger partial charge on any atom is 0.272 e. The van der Waals surface area contributed by atoms with Crippen molar-refractivity contribution < 1.29 is 23.9 Å². The molecule has 0 saturated heterocycles. The molecule has 3 amide bonds. The number of benzene rings is 4. The highest BCUT2D eigenvalue weighted by atomic mass is 32.2. The predicted octanol–water partition coefficient (Wildman–Crippen LogP) is 6.54. The van der Waals surface area contributed by atoms with Crippen LogP contribution in [0.3, 0.4) is 0 Å². The topological polar surface area (TPSA) is 106 Å².